The third-order valence-corrected chi connectivity index (χ3v) is 4.01. The van der Waals surface area contributed by atoms with Crippen molar-refractivity contribution in [2.24, 2.45) is 5.92 Å². The van der Waals surface area contributed by atoms with E-state index in [4.69, 9.17) is 16.3 Å². The number of hydrogen-bond donors (Lipinski definition) is 0. The first-order valence-electron chi connectivity index (χ1n) is 8.00. The average Bonchev–Trinajstić information content (AvgIpc) is 2.49. The lowest BCUT2D eigenvalue weighted by Crippen LogP contribution is -2.10. The summed E-state index contributed by atoms with van der Waals surface area (Å²) in [5, 5.41) is 0.716. The summed E-state index contributed by atoms with van der Waals surface area (Å²) >= 11 is 6.02. The minimum absolute atomic E-state index is 0.461. The first-order chi connectivity index (χ1) is 10.1. The summed E-state index contributed by atoms with van der Waals surface area (Å²) in [5.74, 6) is 2.12. The third-order valence-electron chi connectivity index (χ3n) is 3.71. The number of ketones is 1. The van der Waals surface area contributed by atoms with Crippen molar-refractivity contribution in [3.8, 4) is 5.75 Å². The van der Waals surface area contributed by atoms with E-state index in [-0.39, 0.29) is 0 Å². The van der Waals surface area contributed by atoms with E-state index in [0.29, 0.717) is 10.8 Å². The molecule has 1 aliphatic rings. The molecule has 118 valence electrons. The lowest BCUT2D eigenvalue weighted by molar-refractivity contribution is -0.120. The zero-order valence-electron chi connectivity index (χ0n) is 13.5. The molecule has 1 saturated carbocycles. The van der Waals surface area contributed by atoms with Gasteiger partial charge in [-0.15, -0.1) is 0 Å². The van der Waals surface area contributed by atoms with Crippen molar-refractivity contribution in [1.29, 1.82) is 0 Å². The number of hydrogen-bond acceptors (Lipinski definition) is 2. The molecule has 21 heavy (non-hydrogen) atoms. The van der Waals surface area contributed by atoms with Crippen molar-refractivity contribution in [1.82, 2.24) is 0 Å². The number of rotatable bonds is 4. The van der Waals surface area contributed by atoms with Crippen LogP contribution in [0.4, 0.5) is 0 Å². The largest absolute Gasteiger partial charge is 0.492 e. The van der Waals surface area contributed by atoms with Crippen LogP contribution in [0, 0.1) is 5.92 Å². The summed E-state index contributed by atoms with van der Waals surface area (Å²) in [7, 11) is 0. The summed E-state index contributed by atoms with van der Waals surface area (Å²) in [5.41, 5.74) is 1.18. The first-order valence-corrected chi connectivity index (χ1v) is 8.38. The lowest BCUT2D eigenvalue weighted by atomic mass is 9.90. The van der Waals surface area contributed by atoms with E-state index in [1.807, 2.05) is 12.1 Å². The highest BCUT2D eigenvalue weighted by atomic mass is 35.5. The van der Waals surface area contributed by atoms with Gasteiger partial charge >= 0.3 is 0 Å². The summed E-state index contributed by atoms with van der Waals surface area (Å²) in [4.78, 5) is 10.6. The van der Waals surface area contributed by atoms with Crippen molar-refractivity contribution in [3.05, 3.63) is 28.8 Å². The van der Waals surface area contributed by atoms with Crippen LogP contribution in [0.25, 0.3) is 0 Å². The minimum atomic E-state index is 0.461. The Morgan fingerprint density at radius 3 is 2.43 bits per heavy atom. The van der Waals surface area contributed by atoms with Crippen LogP contribution in [-0.4, -0.2) is 12.4 Å². The van der Waals surface area contributed by atoms with E-state index in [1.54, 1.807) is 0 Å². The molecule has 0 unspecified atom stereocenters. The number of Topliss-reactive ketones (excluding diaryl/α,β-unsaturated/α-hetero) is 1. The van der Waals surface area contributed by atoms with Gasteiger partial charge < -0.3 is 4.74 Å². The second kappa shape index (κ2) is 9.83. The number of carbonyl (C=O) groups is 1. The minimum Gasteiger partial charge on any atom is -0.492 e. The molecular weight excluding hydrogens is 284 g/mol. The van der Waals surface area contributed by atoms with Crippen LogP contribution in [-0.2, 0) is 11.2 Å². The van der Waals surface area contributed by atoms with Crippen LogP contribution in [0.3, 0.4) is 0 Å². The second-order valence-corrected chi connectivity index (χ2v) is 6.06. The van der Waals surface area contributed by atoms with Gasteiger partial charge in [-0.05, 0) is 43.2 Å². The summed E-state index contributed by atoms with van der Waals surface area (Å²) in [6.07, 6.45) is 5.88. The fourth-order valence-electron chi connectivity index (χ4n) is 2.28. The maximum atomic E-state index is 10.6. The molecular formula is C18H27ClO2. The zero-order valence-corrected chi connectivity index (χ0v) is 14.2. The lowest BCUT2D eigenvalue weighted by Gasteiger charge is -2.14. The Kier molecular flexibility index (Phi) is 8.44. The van der Waals surface area contributed by atoms with Crippen molar-refractivity contribution in [2.75, 3.05) is 6.61 Å². The highest BCUT2D eigenvalue weighted by Crippen LogP contribution is 2.28. The highest BCUT2D eigenvalue weighted by molar-refractivity contribution is 6.32. The molecule has 0 aromatic heterocycles. The predicted octanol–water partition coefficient (Wildman–Crippen LogP) is 5.46. The number of aryl methyl sites for hydroxylation is 1. The predicted molar refractivity (Wildman–Crippen MR) is 89.3 cm³/mol. The van der Waals surface area contributed by atoms with Gasteiger partial charge in [0.1, 0.15) is 11.5 Å². The Labute approximate surface area is 133 Å². The number of ether oxygens (including phenoxy) is 1. The molecule has 1 aromatic carbocycles. The fraction of sp³-hybridized carbons (Fsp3) is 0.611. The van der Waals surface area contributed by atoms with Gasteiger partial charge in [0, 0.05) is 12.8 Å². The van der Waals surface area contributed by atoms with Crippen LogP contribution in [0.2, 0.25) is 5.02 Å². The molecule has 1 fully saturated rings. The Hall–Kier alpha value is -1.02. The molecule has 1 aliphatic carbocycles. The van der Waals surface area contributed by atoms with Gasteiger partial charge in [0.2, 0.25) is 0 Å². The van der Waals surface area contributed by atoms with E-state index in [0.717, 1.165) is 56.8 Å². The van der Waals surface area contributed by atoms with Gasteiger partial charge in [-0.3, -0.25) is 4.79 Å². The third kappa shape index (κ3) is 6.52. The SMILES string of the molecule is CC1CCC(=O)CC1.CCCOc1c(Cl)cccc1CC. The second-order valence-electron chi connectivity index (χ2n) is 5.65. The monoisotopic (exact) mass is 310 g/mol. The average molecular weight is 311 g/mol. The topological polar surface area (TPSA) is 26.3 Å². The molecule has 2 nitrogen and oxygen atoms in total. The molecule has 0 atom stereocenters. The smallest absolute Gasteiger partial charge is 0.141 e. The fourth-order valence-corrected chi connectivity index (χ4v) is 2.53. The van der Waals surface area contributed by atoms with Gasteiger partial charge in [-0.2, -0.15) is 0 Å². The highest BCUT2D eigenvalue weighted by Gasteiger charge is 2.13. The first kappa shape index (κ1) is 18.0. The molecule has 0 amide bonds. The van der Waals surface area contributed by atoms with Crippen molar-refractivity contribution in [2.45, 2.75) is 59.3 Å². The Morgan fingerprint density at radius 1 is 1.24 bits per heavy atom. The van der Waals surface area contributed by atoms with Gasteiger partial charge in [0.25, 0.3) is 0 Å². The maximum absolute atomic E-state index is 10.6. The normalized spacial score (nSPS) is 15.3. The molecule has 0 aliphatic heterocycles. The van der Waals surface area contributed by atoms with E-state index in [1.165, 1.54) is 5.56 Å². The van der Waals surface area contributed by atoms with Crippen molar-refractivity contribution >= 4 is 17.4 Å². The van der Waals surface area contributed by atoms with E-state index in [9.17, 15) is 4.79 Å². The Bertz CT molecular complexity index is 433. The Morgan fingerprint density at radius 2 is 1.90 bits per heavy atom. The zero-order chi connectivity index (χ0) is 15.7. The molecule has 0 heterocycles. The molecule has 0 N–H and O–H groups in total. The summed E-state index contributed by atoms with van der Waals surface area (Å²) in [6.45, 7) is 7.14. The molecule has 0 radical (unpaired) electrons. The van der Waals surface area contributed by atoms with Gasteiger partial charge in [0.15, 0.2) is 0 Å². The number of benzene rings is 1. The van der Waals surface area contributed by atoms with Gasteiger partial charge in [-0.1, -0.05) is 44.5 Å². The van der Waals surface area contributed by atoms with Crippen LogP contribution >= 0.6 is 11.6 Å². The quantitative estimate of drug-likeness (QED) is 0.738. The molecule has 0 spiro atoms. The summed E-state index contributed by atoms with van der Waals surface area (Å²) < 4.78 is 5.58. The van der Waals surface area contributed by atoms with Crippen LogP contribution in [0.5, 0.6) is 5.75 Å². The van der Waals surface area contributed by atoms with Crippen LogP contribution in [0.15, 0.2) is 18.2 Å². The standard InChI is InChI=1S/C11H15ClO.C7H12O/c1-3-8-13-11-9(4-2)6-5-7-10(11)12;1-6-2-4-7(8)5-3-6/h5-7H,3-4,8H2,1-2H3;6H,2-5H2,1H3. The number of halogens is 1. The number of para-hydroxylation sites is 1. The van der Waals surface area contributed by atoms with Gasteiger partial charge in [-0.25, -0.2) is 0 Å². The Balaban J connectivity index is 0.000000235. The number of carbonyl (C=O) groups excluding carboxylic acids is 1. The molecule has 0 saturated heterocycles. The molecule has 3 heteroatoms. The van der Waals surface area contributed by atoms with E-state index in [2.05, 4.69) is 26.8 Å². The summed E-state index contributed by atoms with van der Waals surface area (Å²) in [6, 6.07) is 5.88. The maximum Gasteiger partial charge on any atom is 0.141 e. The van der Waals surface area contributed by atoms with Crippen LogP contribution in [0.1, 0.15) is 58.4 Å². The van der Waals surface area contributed by atoms with Crippen molar-refractivity contribution < 1.29 is 9.53 Å². The van der Waals surface area contributed by atoms with Gasteiger partial charge in [0.05, 0.1) is 11.6 Å². The van der Waals surface area contributed by atoms with Crippen LogP contribution < -0.4 is 4.74 Å². The van der Waals surface area contributed by atoms with Crippen molar-refractivity contribution in [3.63, 3.8) is 0 Å². The molecule has 1 aromatic rings. The van der Waals surface area contributed by atoms with E-state index < -0.39 is 0 Å². The van der Waals surface area contributed by atoms with E-state index >= 15 is 0 Å². The molecule has 2 rings (SSSR count). The molecule has 0 bridgehead atoms.